The van der Waals surface area contributed by atoms with Crippen molar-refractivity contribution in [3.05, 3.63) is 82.6 Å². The van der Waals surface area contributed by atoms with Crippen LogP contribution in [0.2, 0.25) is 0 Å². The maximum absolute atomic E-state index is 13.3. The summed E-state index contributed by atoms with van der Waals surface area (Å²) in [6.45, 7) is 8.15. The summed E-state index contributed by atoms with van der Waals surface area (Å²) in [5.74, 6) is 2.21. The van der Waals surface area contributed by atoms with Gasteiger partial charge in [0, 0.05) is 44.0 Å². The number of benzene rings is 3. The number of ether oxygens (including phenoxy) is 3. The molecule has 2 heterocycles. The number of carbonyl (C=O) groups excluding carboxylic acids is 1. The zero-order valence-corrected chi connectivity index (χ0v) is 21.5. The predicted octanol–water partition coefficient (Wildman–Crippen LogP) is 5.05. The lowest BCUT2D eigenvalue weighted by molar-refractivity contribution is 0.101. The number of anilines is 1. The molecule has 0 spiro atoms. The Hall–Kier alpha value is -3.97. The quantitative estimate of drug-likeness (QED) is 0.456. The van der Waals surface area contributed by atoms with Crippen LogP contribution in [0.4, 0.5) is 5.69 Å². The minimum absolute atomic E-state index is 0.151. The summed E-state index contributed by atoms with van der Waals surface area (Å²) >= 11 is 0. The molecule has 0 amide bonds. The Morgan fingerprint density at radius 3 is 2.49 bits per heavy atom. The molecule has 0 unspecified atom stereocenters. The minimum Gasteiger partial charge on any atom is -0.507 e. The molecule has 192 valence electrons. The average Bonchev–Trinajstić information content (AvgIpc) is 3.24. The van der Waals surface area contributed by atoms with Crippen LogP contribution in [0.5, 0.6) is 23.0 Å². The first kappa shape index (κ1) is 24.7. The van der Waals surface area contributed by atoms with E-state index in [1.165, 1.54) is 0 Å². The number of phenols is 1. The number of methoxy groups -OCH3 is 1. The van der Waals surface area contributed by atoms with Gasteiger partial charge in [0.15, 0.2) is 5.76 Å². The zero-order valence-electron chi connectivity index (χ0n) is 21.5. The first-order chi connectivity index (χ1) is 18.0. The van der Waals surface area contributed by atoms with Gasteiger partial charge in [-0.25, -0.2) is 0 Å². The molecule has 7 heteroatoms. The fraction of sp³-hybridized carbons (Fsp3) is 0.300. The molecule has 1 saturated heterocycles. The standard InChI is InChI=1S/C30H32N2O5/c1-4-36-26-8-6-5-7-21(26)18-27-29(34)28-20(2)17-25(33)24(30(28)37-27)19-31-13-15-32(16-14-31)22-9-11-23(35-3)12-10-22/h5-12,17-18,33H,4,13-16,19H2,1-3H3/b27-18-. The van der Waals surface area contributed by atoms with E-state index in [2.05, 4.69) is 21.9 Å². The number of Topliss-reactive ketones (excluding diaryl/α,β-unsaturated/α-hetero) is 1. The molecule has 1 N–H and O–H groups in total. The highest BCUT2D eigenvalue weighted by atomic mass is 16.5. The first-order valence-corrected chi connectivity index (χ1v) is 12.6. The van der Waals surface area contributed by atoms with E-state index >= 15 is 0 Å². The molecule has 3 aromatic carbocycles. The molecule has 37 heavy (non-hydrogen) atoms. The van der Waals surface area contributed by atoms with E-state index in [-0.39, 0.29) is 17.3 Å². The molecule has 0 aromatic heterocycles. The summed E-state index contributed by atoms with van der Waals surface area (Å²) in [6, 6.07) is 17.3. The fourth-order valence-corrected chi connectivity index (χ4v) is 4.94. The number of piperazine rings is 1. The number of rotatable bonds is 7. The van der Waals surface area contributed by atoms with Crippen LogP contribution in [-0.4, -0.2) is 55.7 Å². The van der Waals surface area contributed by atoms with Gasteiger partial charge in [-0.15, -0.1) is 0 Å². The summed E-state index contributed by atoms with van der Waals surface area (Å²) < 4.78 is 17.1. The maximum atomic E-state index is 13.3. The van der Waals surface area contributed by atoms with Crippen LogP contribution in [-0.2, 0) is 6.54 Å². The number of allylic oxidation sites excluding steroid dienone is 1. The molecule has 3 aromatic rings. The molecule has 5 rings (SSSR count). The first-order valence-electron chi connectivity index (χ1n) is 12.6. The van der Waals surface area contributed by atoms with Gasteiger partial charge in [-0.2, -0.15) is 0 Å². The van der Waals surface area contributed by atoms with E-state index < -0.39 is 0 Å². The second kappa shape index (κ2) is 10.6. The summed E-state index contributed by atoms with van der Waals surface area (Å²) in [5, 5.41) is 10.9. The highest BCUT2D eigenvalue weighted by Gasteiger charge is 2.34. The number of fused-ring (bicyclic) bond motifs is 1. The number of hydrogen-bond acceptors (Lipinski definition) is 7. The van der Waals surface area contributed by atoms with E-state index in [1.54, 1.807) is 19.3 Å². The monoisotopic (exact) mass is 500 g/mol. The Morgan fingerprint density at radius 2 is 1.78 bits per heavy atom. The van der Waals surface area contributed by atoms with Crippen molar-refractivity contribution in [1.29, 1.82) is 0 Å². The highest BCUT2D eigenvalue weighted by Crippen LogP contribution is 2.42. The lowest BCUT2D eigenvalue weighted by Gasteiger charge is -2.36. The Balaban J connectivity index is 1.35. The average molecular weight is 501 g/mol. The van der Waals surface area contributed by atoms with Gasteiger partial charge in [0.25, 0.3) is 0 Å². The van der Waals surface area contributed by atoms with Gasteiger partial charge in [0.1, 0.15) is 23.0 Å². The third kappa shape index (κ3) is 5.00. The highest BCUT2D eigenvalue weighted by molar-refractivity contribution is 6.16. The van der Waals surface area contributed by atoms with Crippen LogP contribution < -0.4 is 19.1 Å². The van der Waals surface area contributed by atoms with Crippen molar-refractivity contribution >= 4 is 17.5 Å². The van der Waals surface area contributed by atoms with E-state index in [1.807, 2.05) is 50.2 Å². The van der Waals surface area contributed by atoms with Crippen molar-refractivity contribution in [1.82, 2.24) is 4.90 Å². The lowest BCUT2D eigenvalue weighted by Crippen LogP contribution is -2.46. The smallest absolute Gasteiger partial charge is 0.232 e. The molecule has 0 aliphatic carbocycles. The second-order valence-corrected chi connectivity index (χ2v) is 9.27. The fourth-order valence-electron chi connectivity index (χ4n) is 4.94. The minimum atomic E-state index is -0.177. The van der Waals surface area contributed by atoms with Crippen LogP contribution in [0.25, 0.3) is 6.08 Å². The molecular formula is C30H32N2O5. The Labute approximate surface area is 217 Å². The molecular weight excluding hydrogens is 468 g/mol. The predicted molar refractivity (Wildman–Crippen MR) is 144 cm³/mol. The van der Waals surface area contributed by atoms with Crippen LogP contribution in [0.1, 0.15) is 34.0 Å². The van der Waals surface area contributed by atoms with Crippen LogP contribution in [0.3, 0.4) is 0 Å². The van der Waals surface area contributed by atoms with Crippen molar-refractivity contribution < 1.29 is 24.1 Å². The number of aryl methyl sites for hydroxylation is 1. The molecule has 2 aliphatic heterocycles. The maximum Gasteiger partial charge on any atom is 0.232 e. The summed E-state index contributed by atoms with van der Waals surface area (Å²) in [7, 11) is 1.67. The third-order valence-electron chi connectivity index (χ3n) is 6.92. The normalized spacial score (nSPS) is 16.6. The van der Waals surface area contributed by atoms with E-state index in [4.69, 9.17) is 14.2 Å². The molecule has 0 atom stereocenters. The number of hydrogen-bond donors (Lipinski definition) is 1. The van der Waals surface area contributed by atoms with Gasteiger partial charge in [-0.3, -0.25) is 9.69 Å². The lowest BCUT2D eigenvalue weighted by atomic mass is 9.99. The number of phenolic OH excluding ortho intramolecular Hbond substituents is 1. The Bertz CT molecular complexity index is 1320. The largest absolute Gasteiger partial charge is 0.507 e. The van der Waals surface area contributed by atoms with E-state index in [9.17, 15) is 9.90 Å². The van der Waals surface area contributed by atoms with Crippen molar-refractivity contribution in [2.75, 3.05) is 44.8 Å². The second-order valence-electron chi connectivity index (χ2n) is 9.27. The van der Waals surface area contributed by atoms with Gasteiger partial charge < -0.3 is 24.2 Å². The SMILES string of the molecule is CCOc1ccccc1/C=C1\Oc2c(CN3CCN(c4ccc(OC)cc4)CC3)c(O)cc(C)c2C1=O. The number of nitrogens with zero attached hydrogens (tertiary/aromatic N) is 2. The number of ketones is 1. The number of para-hydroxylation sites is 1. The molecule has 2 aliphatic rings. The molecule has 7 nitrogen and oxygen atoms in total. The van der Waals surface area contributed by atoms with Gasteiger partial charge >= 0.3 is 0 Å². The van der Waals surface area contributed by atoms with Gasteiger partial charge in [0.05, 0.1) is 24.8 Å². The topological polar surface area (TPSA) is 71.5 Å². The number of aromatic hydroxyl groups is 1. The van der Waals surface area contributed by atoms with Gasteiger partial charge in [0.2, 0.25) is 5.78 Å². The van der Waals surface area contributed by atoms with Crippen molar-refractivity contribution in [2.24, 2.45) is 0 Å². The van der Waals surface area contributed by atoms with Gasteiger partial charge in [-0.05, 0) is 61.9 Å². The number of carbonyl (C=O) groups is 1. The zero-order chi connectivity index (χ0) is 25.9. The van der Waals surface area contributed by atoms with Gasteiger partial charge in [-0.1, -0.05) is 18.2 Å². The van der Waals surface area contributed by atoms with Crippen LogP contribution >= 0.6 is 0 Å². The summed E-state index contributed by atoms with van der Waals surface area (Å²) in [6.07, 6.45) is 1.72. The third-order valence-corrected chi connectivity index (χ3v) is 6.92. The van der Waals surface area contributed by atoms with E-state index in [0.29, 0.717) is 41.3 Å². The van der Waals surface area contributed by atoms with Crippen LogP contribution in [0, 0.1) is 6.92 Å². The van der Waals surface area contributed by atoms with Crippen molar-refractivity contribution in [3.8, 4) is 23.0 Å². The molecule has 0 radical (unpaired) electrons. The Morgan fingerprint density at radius 1 is 1.05 bits per heavy atom. The van der Waals surface area contributed by atoms with Crippen molar-refractivity contribution in [3.63, 3.8) is 0 Å². The molecule has 0 bridgehead atoms. The van der Waals surface area contributed by atoms with Crippen molar-refractivity contribution in [2.45, 2.75) is 20.4 Å². The summed E-state index contributed by atoms with van der Waals surface area (Å²) in [5.41, 5.74) is 3.80. The molecule has 0 saturated carbocycles. The molecule has 1 fully saturated rings. The Kier molecular flexibility index (Phi) is 7.06. The van der Waals surface area contributed by atoms with E-state index in [0.717, 1.165) is 43.2 Å². The summed E-state index contributed by atoms with van der Waals surface area (Å²) in [4.78, 5) is 18.0. The van der Waals surface area contributed by atoms with Crippen LogP contribution in [0.15, 0.2) is 60.4 Å².